The van der Waals surface area contributed by atoms with Crippen molar-refractivity contribution in [3.05, 3.63) is 0 Å². The van der Waals surface area contributed by atoms with Crippen molar-refractivity contribution in [2.75, 3.05) is 26.2 Å². The van der Waals surface area contributed by atoms with E-state index in [1.54, 1.807) is 0 Å². The monoisotopic (exact) mass is 266 g/mol. The van der Waals surface area contributed by atoms with E-state index in [4.69, 9.17) is 0 Å². The molecule has 1 aliphatic carbocycles. The summed E-state index contributed by atoms with van der Waals surface area (Å²) in [5.41, 5.74) is 0. The molecule has 19 heavy (non-hydrogen) atoms. The van der Waals surface area contributed by atoms with Crippen molar-refractivity contribution in [3.8, 4) is 0 Å². The lowest BCUT2D eigenvalue weighted by atomic mass is 9.82. The number of hydrogen-bond donors (Lipinski definition) is 1. The van der Waals surface area contributed by atoms with E-state index in [0.717, 1.165) is 17.9 Å². The number of nitrogens with one attached hydrogen (secondary N) is 1. The summed E-state index contributed by atoms with van der Waals surface area (Å²) in [7, 11) is 0. The number of piperidine rings is 1. The predicted octanol–water partition coefficient (Wildman–Crippen LogP) is 3.67. The Kier molecular flexibility index (Phi) is 6.66. The van der Waals surface area contributed by atoms with Crippen LogP contribution in [0, 0.1) is 11.8 Å². The average molecular weight is 266 g/mol. The first kappa shape index (κ1) is 15.3. The van der Waals surface area contributed by atoms with Crippen molar-refractivity contribution >= 4 is 0 Å². The zero-order chi connectivity index (χ0) is 13.5. The lowest BCUT2D eigenvalue weighted by Crippen LogP contribution is -2.39. The van der Waals surface area contributed by atoms with Gasteiger partial charge in [-0.1, -0.05) is 26.2 Å². The highest BCUT2D eigenvalue weighted by Gasteiger charge is 2.19. The maximum atomic E-state index is 3.70. The molecule has 2 aliphatic rings. The summed E-state index contributed by atoms with van der Waals surface area (Å²) < 4.78 is 0. The second-order valence-electron chi connectivity index (χ2n) is 7.08. The molecule has 0 aromatic rings. The van der Waals surface area contributed by atoms with Gasteiger partial charge >= 0.3 is 0 Å². The Labute approximate surface area is 120 Å². The molecule has 2 heteroatoms. The van der Waals surface area contributed by atoms with Gasteiger partial charge in [0.1, 0.15) is 0 Å². The third-order valence-electron chi connectivity index (χ3n) is 5.22. The molecule has 2 fully saturated rings. The standard InChI is InChI=1S/C17H34N2/c1-15-7-5-9-17(13-15)14-18-10-6-12-19-11-4-3-8-16(19)2/h15-18H,3-14H2,1-2H3. The summed E-state index contributed by atoms with van der Waals surface area (Å²) in [5.74, 6) is 1.92. The van der Waals surface area contributed by atoms with Gasteiger partial charge in [0.05, 0.1) is 0 Å². The number of rotatable bonds is 6. The Morgan fingerprint density at radius 1 is 1.05 bits per heavy atom. The predicted molar refractivity (Wildman–Crippen MR) is 83.5 cm³/mol. The van der Waals surface area contributed by atoms with Crippen LogP contribution in [0.2, 0.25) is 0 Å². The van der Waals surface area contributed by atoms with Crippen LogP contribution in [0.25, 0.3) is 0 Å². The minimum Gasteiger partial charge on any atom is -0.316 e. The van der Waals surface area contributed by atoms with Crippen molar-refractivity contribution in [3.63, 3.8) is 0 Å². The zero-order valence-electron chi connectivity index (χ0n) is 13.2. The van der Waals surface area contributed by atoms with E-state index in [-0.39, 0.29) is 0 Å². The summed E-state index contributed by atoms with van der Waals surface area (Å²) >= 11 is 0. The molecule has 1 N–H and O–H groups in total. The lowest BCUT2D eigenvalue weighted by Gasteiger charge is -2.33. The van der Waals surface area contributed by atoms with Gasteiger partial charge in [0.25, 0.3) is 0 Å². The van der Waals surface area contributed by atoms with E-state index in [9.17, 15) is 0 Å². The van der Waals surface area contributed by atoms with Crippen molar-refractivity contribution in [1.29, 1.82) is 0 Å². The molecule has 1 saturated heterocycles. The molecule has 2 nitrogen and oxygen atoms in total. The molecule has 1 saturated carbocycles. The summed E-state index contributed by atoms with van der Waals surface area (Å²) in [5, 5.41) is 3.70. The molecule has 2 rings (SSSR count). The van der Waals surface area contributed by atoms with Crippen molar-refractivity contribution in [1.82, 2.24) is 10.2 Å². The van der Waals surface area contributed by atoms with Crippen LogP contribution in [-0.4, -0.2) is 37.1 Å². The molecular weight excluding hydrogens is 232 g/mol. The van der Waals surface area contributed by atoms with Crippen LogP contribution in [0.15, 0.2) is 0 Å². The first-order valence-electron chi connectivity index (χ1n) is 8.70. The zero-order valence-corrected chi connectivity index (χ0v) is 13.2. The highest BCUT2D eigenvalue weighted by Crippen LogP contribution is 2.27. The maximum Gasteiger partial charge on any atom is 0.00669 e. The molecule has 112 valence electrons. The molecule has 3 unspecified atom stereocenters. The van der Waals surface area contributed by atoms with Gasteiger partial charge in [-0.3, -0.25) is 0 Å². The highest BCUT2D eigenvalue weighted by atomic mass is 15.2. The Morgan fingerprint density at radius 3 is 2.74 bits per heavy atom. The molecule has 0 amide bonds. The van der Waals surface area contributed by atoms with Crippen LogP contribution < -0.4 is 5.32 Å². The molecule has 1 aliphatic heterocycles. The van der Waals surface area contributed by atoms with Crippen LogP contribution in [0.3, 0.4) is 0 Å². The molecular formula is C17H34N2. The van der Waals surface area contributed by atoms with Crippen molar-refractivity contribution in [2.45, 2.75) is 71.3 Å². The van der Waals surface area contributed by atoms with Crippen LogP contribution >= 0.6 is 0 Å². The van der Waals surface area contributed by atoms with Gasteiger partial charge in [0, 0.05) is 6.04 Å². The topological polar surface area (TPSA) is 15.3 Å². The van der Waals surface area contributed by atoms with E-state index >= 15 is 0 Å². The van der Waals surface area contributed by atoms with Crippen LogP contribution in [0.4, 0.5) is 0 Å². The Balaban J connectivity index is 1.49. The van der Waals surface area contributed by atoms with Gasteiger partial charge in [0.15, 0.2) is 0 Å². The van der Waals surface area contributed by atoms with Gasteiger partial charge in [-0.25, -0.2) is 0 Å². The largest absolute Gasteiger partial charge is 0.316 e. The number of hydrogen-bond acceptors (Lipinski definition) is 2. The Hall–Kier alpha value is -0.0800. The van der Waals surface area contributed by atoms with Crippen molar-refractivity contribution in [2.24, 2.45) is 11.8 Å². The summed E-state index contributed by atoms with van der Waals surface area (Å²) in [4.78, 5) is 2.69. The lowest BCUT2D eigenvalue weighted by molar-refractivity contribution is 0.158. The maximum absolute atomic E-state index is 3.70. The number of nitrogens with zero attached hydrogens (tertiary/aromatic N) is 1. The fourth-order valence-corrected chi connectivity index (χ4v) is 3.95. The molecule has 0 spiro atoms. The quantitative estimate of drug-likeness (QED) is 0.738. The smallest absolute Gasteiger partial charge is 0.00669 e. The fraction of sp³-hybridized carbons (Fsp3) is 1.00. The molecule has 0 aromatic heterocycles. The highest BCUT2D eigenvalue weighted by molar-refractivity contribution is 4.74. The first-order valence-corrected chi connectivity index (χ1v) is 8.70. The van der Waals surface area contributed by atoms with E-state index in [2.05, 4.69) is 24.1 Å². The summed E-state index contributed by atoms with van der Waals surface area (Å²) in [6, 6.07) is 0.827. The van der Waals surface area contributed by atoms with E-state index in [0.29, 0.717) is 0 Å². The van der Waals surface area contributed by atoms with Gasteiger partial charge in [0.2, 0.25) is 0 Å². The minimum absolute atomic E-state index is 0.827. The third-order valence-corrected chi connectivity index (χ3v) is 5.22. The van der Waals surface area contributed by atoms with Gasteiger partial charge in [-0.15, -0.1) is 0 Å². The molecule has 0 radical (unpaired) electrons. The van der Waals surface area contributed by atoms with Gasteiger partial charge in [-0.2, -0.15) is 0 Å². The molecule has 0 aromatic carbocycles. The normalized spacial score (nSPS) is 33.5. The first-order chi connectivity index (χ1) is 9.25. The van der Waals surface area contributed by atoms with Crippen LogP contribution in [0.5, 0.6) is 0 Å². The van der Waals surface area contributed by atoms with Gasteiger partial charge < -0.3 is 10.2 Å². The van der Waals surface area contributed by atoms with Crippen molar-refractivity contribution < 1.29 is 0 Å². The van der Waals surface area contributed by atoms with E-state index in [1.165, 1.54) is 77.5 Å². The second kappa shape index (κ2) is 8.26. The van der Waals surface area contributed by atoms with Gasteiger partial charge in [-0.05, 0) is 77.0 Å². The second-order valence-corrected chi connectivity index (χ2v) is 7.08. The fourth-order valence-electron chi connectivity index (χ4n) is 3.95. The number of likely N-dealkylation sites (tertiary alicyclic amines) is 1. The minimum atomic E-state index is 0.827. The van der Waals surface area contributed by atoms with Crippen LogP contribution in [0.1, 0.15) is 65.2 Å². The third kappa shape index (κ3) is 5.43. The molecule has 3 atom stereocenters. The summed E-state index contributed by atoms with van der Waals surface area (Å²) in [6.45, 7) is 9.93. The Morgan fingerprint density at radius 2 is 1.95 bits per heavy atom. The van der Waals surface area contributed by atoms with Crippen LogP contribution in [-0.2, 0) is 0 Å². The van der Waals surface area contributed by atoms with E-state index < -0.39 is 0 Å². The SMILES string of the molecule is CC1CCCC(CNCCCN2CCCCC2C)C1. The molecule has 0 bridgehead atoms. The van der Waals surface area contributed by atoms with E-state index in [1.807, 2.05) is 0 Å². The Bertz CT molecular complexity index is 241. The average Bonchev–Trinajstić information content (AvgIpc) is 2.40. The summed E-state index contributed by atoms with van der Waals surface area (Å²) in [6.07, 6.45) is 11.4. The molecule has 1 heterocycles.